The van der Waals surface area contributed by atoms with E-state index in [0.717, 1.165) is 25.0 Å². The van der Waals surface area contributed by atoms with Crippen molar-refractivity contribution in [2.45, 2.75) is 75.7 Å². The largest absolute Gasteiger partial charge is 0.458 e. The van der Waals surface area contributed by atoms with Gasteiger partial charge in [-0.3, -0.25) is 4.79 Å². The second-order valence-corrected chi connectivity index (χ2v) is 9.83. The maximum absolute atomic E-state index is 12.7. The van der Waals surface area contributed by atoms with Crippen LogP contribution in [0.3, 0.4) is 0 Å². The molecule has 34 heavy (non-hydrogen) atoms. The highest BCUT2D eigenvalue weighted by atomic mass is 19.4. The lowest BCUT2D eigenvalue weighted by Gasteiger charge is -2.42. The zero-order valence-corrected chi connectivity index (χ0v) is 19.9. The summed E-state index contributed by atoms with van der Waals surface area (Å²) in [6, 6.07) is 4.52. The van der Waals surface area contributed by atoms with Gasteiger partial charge in [0.1, 0.15) is 30.0 Å². The topological polar surface area (TPSA) is 72.6 Å². The smallest absolute Gasteiger partial charge is 0.416 e. The minimum Gasteiger partial charge on any atom is -0.458 e. The van der Waals surface area contributed by atoms with Crippen LogP contribution in [0.1, 0.15) is 45.6 Å². The number of ether oxygens (including phenoxy) is 4. The lowest BCUT2D eigenvalue weighted by Crippen LogP contribution is -2.55. The number of carbonyl (C=O) groups excluding carboxylic acids is 1. The van der Waals surface area contributed by atoms with Gasteiger partial charge in [0.15, 0.2) is 0 Å². The molecular weight excluding hydrogens is 451 g/mol. The van der Waals surface area contributed by atoms with Crippen molar-refractivity contribution in [2.24, 2.45) is 5.92 Å². The Morgan fingerprint density at radius 2 is 1.94 bits per heavy atom. The molecule has 188 valence electrons. The van der Waals surface area contributed by atoms with Crippen LogP contribution in [0.25, 0.3) is 0 Å². The average molecular weight is 484 g/mol. The summed E-state index contributed by atoms with van der Waals surface area (Å²) in [6.07, 6.45) is -0.869. The summed E-state index contributed by atoms with van der Waals surface area (Å²) >= 11 is 0. The fraction of sp³-hybridized carbons (Fsp3) is 0.640. The van der Waals surface area contributed by atoms with E-state index >= 15 is 0 Å². The van der Waals surface area contributed by atoms with Gasteiger partial charge < -0.3 is 24.3 Å². The molecule has 2 saturated heterocycles. The molecule has 3 aliphatic rings. The summed E-state index contributed by atoms with van der Waals surface area (Å²) < 4.78 is 61.9. The van der Waals surface area contributed by atoms with E-state index in [1.54, 1.807) is 7.11 Å². The number of anilines is 1. The number of methoxy groups -OCH3 is 1. The first-order chi connectivity index (χ1) is 16.0. The molecule has 2 heterocycles. The van der Waals surface area contributed by atoms with Crippen molar-refractivity contribution in [1.29, 1.82) is 0 Å². The third kappa shape index (κ3) is 5.11. The molecule has 1 aromatic carbocycles. The van der Waals surface area contributed by atoms with Gasteiger partial charge in [0.25, 0.3) is 0 Å². The SMILES string of the molecule is CO[C@@H]1[C@H](OC(=O)CNc2ccc(C(F)(F)F)cc2)CC[C@]2(CO2)[C@H]1[C@@]1(C)OC1CC=C(C)C. The normalized spacial score (nSPS) is 34.4. The molecular formula is C25H32F3NO5. The number of hydrogen-bond acceptors (Lipinski definition) is 6. The zero-order chi connectivity index (χ0) is 24.7. The molecule has 1 unspecified atom stereocenters. The first-order valence-corrected chi connectivity index (χ1v) is 11.6. The molecule has 0 bridgehead atoms. The Kier molecular flexibility index (Phi) is 6.74. The van der Waals surface area contributed by atoms with E-state index in [1.165, 1.54) is 17.7 Å². The number of halogens is 3. The Morgan fingerprint density at radius 3 is 2.50 bits per heavy atom. The third-order valence-electron chi connectivity index (χ3n) is 7.17. The molecule has 0 aromatic heterocycles. The molecule has 1 N–H and O–H groups in total. The van der Waals surface area contributed by atoms with Crippen molar-refractivity contribution in [3.8, 4) is 0 Å². The predicted molar refractivity (Wildman–Crippen MR) is 119 cm³/mol. The van der Waals surface area contributed by atoms with Crippen LogP contribution < -0.4 is 5.32 Å². The number of alkyl halides is 3. The highest BCUT2D eigenvalue weighted by Gasteiger charge is 2.72. The van der Waals surface area contributed by atoms with E-state index in [2.05, 4.69) is 32.2 Å². The predicted octanol–water partition coefficient (Wildman–Crippen LogP) is 4.74. The summed E-state index contributed by atoms with van der Waals surface area (Å²) in [4.78, 5) is 12.6. The lowest BCUT2D eigenvalue weighted by atomic mass is 9.68. The van der Waals surface area contributed by atoms with Gasteiger partial charge >= 0.3 is 12.1 Å². The van der Waals surface area contributed by atoms with E-state index in [-0.39, 0.29) is 30.3 Å². The number of allylic oxidation sites excluding steroid dienone is 1. The van der Waals surface area contributed by atoms with E-state index in [0.29, 0.717) is 18.7 Å². The van der Waals surface area contributed by atoms with Gasteiger partial charge in [-0.1, -0.05) is 11.6 Å². The Hall–Kier alpha value is -2.10. The summed E-state index contributed by atoms with van der Waals surface area (Å²) in [6.45, 7) is 6.66. The van der Waals surface area contributed by atoms with Crippen molar-refractivity contribution in [2.75, 3.05) is 25.6 Å². The molecule has 1 aliphatic carbocycles. The van der Waals surface area contributed by atoms with Gasteiger partial charge in [-0.15, -0.1) is 0 Å². The molecule has 0 amide bonds. The van der Waals surface area contributed by atoms with Crippen molar-refractivity contribution in [1.82, 2.24) is 0 Å². The lowest BCUT2D eigenvalue weighted by molar-refractivity contribution is -0.170. The molecule has 9 heteroatoms. The number of esters is 1. The highest BCUT2D eigenvalue weighted by molar-refractivity contribution is 5.75. The van der Waals surface area contributed by atoms with Crippen LogP contribution in [0.2, 0.25) is 0 Å². The van der Waals surface area contributed by atoms with Gasteiger partial charge in [0.2, 0.25) is 0 Å². The summed E-state index contributed by atoms with van der Waals surface area (Å²) in [7, 11) is 1.61. The zero-order valence-electron chi connectivity index (χ0n) is 19.9. The van der Waals surface area contributed by atoms with Gasteiger partial charge in [0.05, 0.1) is 24.2 Å². The monoisotopic (exact) mass is 483 g/mol. The quantitative estimate of drug-likeness (QED) is 0.327. The number of nitrogens with one attached hydrogen (secondary N) is 1. The fourth-order valence-electron chi connectivity index (χ4n) is 5.23. The molecule has 1 spiro atoms. The molecule has 6 nitrogen and oxygen atoms in total. The Balaban J connectivity index is 1.37. The van der Waals surface area contributed by atoms with Gasteiger partial charge in [-0.05, 0) is 64.3 Å². The van der Waals surface area contributed by atoms with Crippen LogP contribution in [-0.2, 0) is 29.9 Å². The van der Waals surface area contributed by atoms with Gasteiger partial charge in [-0.2, -0.15) is 13.2 Å². The maximum atomic E-state index is 12.7. The van der Waals surface area contributed by atoms with Gasteiger partial charge in [-0.25, -0.2) is 0 Å². The van der Waals surface area contributed by atoms with Crippen LogP contribution in [0.4, 0.5) is 18.9 Å². The Morgan fingerprint density at radius 1 is 1.26 bits per heavy atom. The van der Waals surface area contributed by atoms with Crippen molar-refractivity contribution >= 4 is 11.7 Å². The van der Waals surface area contributed by atoms with Crippen molar-refractivity contribution in [3.63, 3.8) is 0 Å². The minimum absolute atomic E-state index is 0.0573. The van der Waals surface area contributed by atoms with E-state index in [9.17, 15) is 18.0 Å². The van der Waals surface area contributed by atoms with Gasteiger partial charge in [0, 0.05) is 12.8 Å². The van der Waals surface area contributed by atoms with Crippen LogP contribution in [0, 0.1) is 5.92 Å². The number of benzene rings is 1. The molecule has 0 radical (unpaired) electrons. The summed E-state index contributed by atoms with van der Waals surface area (Å²) in [5.74, 6) is -0.573. The number of hydrogen-bond donors (Lipinski definition) is 1. The summed E-state index contributed by atoms with van der Waals surface area (Å²) in [5.41, 5.74) is 0.158. The third-order valence-corrected chi connectivity index (χ3v) is 7.17. The second kappa shape index (κ2) is 9.17. The summed E-state index contributed by atoms with van der Waals surface area (Å²) in [5, 5.41) is 2.82. The van der Waals surface area contributed by atoms with Crippen LogP contribution in [0.5, 0.6) is 0 Å². The number of rotatable bonds is 8. The van der Waals surface area contributed by atoms with Crippen LogP contribution >= 0.6 is 0 Å². The Bertz CT molecular complexity index is 923. The van der Waals surface area contributed by atoms with E-state index in [4.69, 9.17) is 18.9 Å². The molecule has 3 fully saturated rings. The first kappa shape index (κ1) is 25.0. The van der Waals surface area contributed by atoms with E-state index < -0.39 is 29.4 Å². The molecule has 6 atom stereocenters. The first-order valence-electron chi connectivity index (χ1n) is 11.6. The fourth-order valence-corrected chi connectivity index (χ4v) is 5.23. The molecule has 1 saturated carbocycles. The van der Waals surface area contributed by atoms with Crippen LogP contribution in [0.15, 0.2) is 35.9 Å². The molecule has 4 rings (SSSR count). The highest BCUT2D eigenvalue weighted by Crippen LogP contribution is 2.59. The molecule has 1 aromatic rings. The second-order valence-electron chi connectivity index (χ2n) is 9.83. The average Bonchev–Trinajstić information content (AvgIpc) is 3.69. The number of carbonyl (C=O) groups is 1. The maximum Gasteiger partial charge on any atom is 0.416 e. The standard InChI is InChI=1S/C25H32F3NO5/c1-15(2)5-10-19-23(3,34-19)22-21(31-4)18(11-12-24(22)14-32-24)33-20(30)13-29-17-8-6-16(7-9-17)25(26,27)28/h5-9,18-19,21-22,29H,10-14H2,1-4H3/t18-,19?,21-,22-,23+,24+/m1/s1. The Labute approximate surface area is 197 Å². The van der Waals surface area contributed by atoms with Crippen molar-refractivity contribution in [3.05, 3.63) is 41.5 Å². The molecule has 2 aliphatic heterocycles. The van der Waals surface area contributed by atoms with Crippen LogP contribution in [-0.4, -0.2) is 55.7 Å². The van der Waals surface area contributed by atoms with E-state index in [1.807, 2.05) is 0 Å². The van der Waals surface area contributed by atoms with Crippen molar-refractivity contribution < 1.29 is 36.9 Å². The number of epoxide rings is 2. The minimum atomic E-state index is -4.40.